The minimum Gasteiger partial charge on any atom is -0.497 e. The van der Waals surface area contributed by atoms with Gasteiger partial charge in [0.15, 0.2) is 0 Å². The first-order valence-corrected chi connectivity index (χ1v) is 6.04. The number of hydrogen-bond acceptors (Lipinski definition) is 4. The summed E-state index contributed by atoms with van der Waals surface area (Å²) < 4.78 is 12.7. The van der Waals surface area contributed by atoms with E-state index in [2.05, 4.69) is 9.55 Å². The molecule has 3 rings (SSSR count). The van der Waals surface area contributed by atoms with Crippen molar-refractivity contribution in [2.24, 2.45) is 12.8 Å². The van der Waals surface area contributed by atoms with Crippen LogP contribution in [0.25, 0.3) is 11.0 Å². The maximum atomic E-state index is 6.05. The van der Waals surface area contributed by atoms with Crippen LogP contribution in [-0.2, 0) is 11.8 Å². The van der Waals surface area contributed by atoms with Gasteiger partial charge in [0.1, 0.15) is 11.6 Å². The van der Waals surface area contributed by atoms with Gasteiger partial charge in [-0.1, -0.05) is 0 Å². The lowest BCUT2D eigenvalue weighted by Crippen LogP contribution is -2.28. The first kappa shape index (κ1) is 11.5. The Kier molecular flexibility index (Phi) is 2.72. The zero-order valence-electron chi connectivity index (χ0n) is 10.6. The predicted molar refractivity (Wildman–Crippen MR) is 68.8 cm³/mol. The molecule has 0 aliphatic carbocycles. The van der Waals surface area contributed by atoms with Crippen LogP contribution in [-0.4, -0.2) is 35.9 Å². The Morgan fingerprint density at radius 2 is 2.28 bits per heavy atom. The summed E-state index contributed by atoms with van der Waals surface area (Å²) >= 11 is 0. The lowest BCUT2D eigenvalue weighted by molar-refractivity contribution is 0.190. The normalized spacial score (nSPS) is 23.7. The summed E-state index contributed by atoms with van der Waals surface area (Å²) in [7, 11) is 3.67. The third kappa shape index (κ3) is 1.67. The molecule has 18 heavy (non-hydrogen) atoms. The minimum atomic E-state index is 0.0300. The van der Waals surface area contributed by atoms with Crippen LogP contribution in [0.4, 0.5) is 0 Å². The lowest BCUT2D eigenvalue weighted by Gasteiger charge is -2.12. The monoisotopic (exact) mass is 247 g/mol. The number of aryl methyl sites for hydroxylation is 1. The van der Waals surface area contributed by atoms with E-state index in [-0.39, 0.29) is 12.0 Å². The number of nitrogens with two attached hydrogens (primary N) is 1. The van der Waals surface area contributed by atoms with Crippen molar-refractivity contribution in [1.82, 2.24) is 9.55 Å². The molecule has 2 atom stereocenters. The zero-order valence-corrected chi connectivity index (χ0v) is 10.6. The zero-order chi connectivity index (χ0) is 12.7. The number of benzene rings is 1. The Hall–Kier alpha value is -1.59. The molecule has 1 aliphatic heterocycles. The van der Waals surface area contributed by atoms with E-state index in [0.717, 1.165) is 22.6 Å². The standard InChI is InChI=1S/C13H17N3O2/c1-16-12-4-3-8(17-2)5-11(12)15-13(16)9-6-18-7-10(9)14/h3-5,9-10H,6-7,14H2,1-2H3. The van der Waals surface area contributed by atoms with Crippen molar-refractivity contribution in [2.45, 2.75) is 12.0 Å². The average molecular weight is 247 g/mol. The van der Waals surface area contributed by atoms with E-state index in [0.29, 0.717) is 13.2 Å². The van der Waals surface area contributed by atoms with Crippen LogP contribution in [0.15, 0.2) is 18.2 Å². The smallest absolute Gasteiger partial charge is 0.121 e. The van der Waals surface area contributed by atoms with Crippen LogP contribution < -0.4 is 10.5 Å². The number of nitrogens with zero attached hydrogens (tertiary/aromatic N) is 2. The minimum absolute atomic E-state index is 0.0300. The number of imidazole rings is 1. The summed E-state index contributed by atoms with van der Waals surface area (Å²) in [6, 6.07) is 5.94. The fraction of sp³-hybridized carbons (Fsp3) is 0.462. The average Bonchev–Trinajstić information content (AvgIpc) is 2.93. The van der Waals surface area contributed by atoms with Gasteiger partial charge in [-0.2, -0.15) is 0 Å². The highest BCUT2D eigenvalue weighted by atomic mass is 16.5. The van der Waals surface area contributed by atoms with Gasteiger partial charge in [-0.3, -0.25) is 0 Å². The number of aromatic nitrogens is 2. The quantitative estimate of drug-likeness (QED) is 0.860. The Labute approximate surface area is 106 Å². The summed E-state index contributed by atoms with van der Waals surface area (Å²) in [6.45, 7) is 1.26. The van der Waals surface area contributed by atoms with Crippen LogP contribution in [0.3, 0.4) is 0 Å². The van der Waals surface area contributed by atoms with Gasteiger partial charge in [0, 0.05) is 19.2 Å². The molecule has 5 heteroatoms. The molecule has 1 fully saturated rings. The topological polar surface area (TPSA) is 62.3 Å². The predicted octanol–water partition coefficient (Wildman–Crippen LogP) is 1.02. The van der Waals surface area contributed by atoms with Crippen LogP contribution in [0.2, 0.25) is 0 Å². The van der Waals surface area contributed by atoms with Gasteiger partial charge in [0.2, 0.25) is 0 Å². The van der Waals surface area contributed by atoms with E-state index < -0.39 is 0 Å². The van der Waals surface area contributed by atoms with Gasteiger partial charge >= 0.3 is 0 Å². The molecule has 1 aromatic carbocycles. The van der Waals surface area contributed by atoms with E-state index in [1.54, 1.807) is 7.11 Å². The molecular weight excluding hydrogens is 230 g/mol. The lowest BCUT2D eigenvalue weighted by atomic mass is 10.0. The van der Waals surface area contributed by atoms with Crippen molar-refractivity contribution in [1.29, 1.82) is 0 Å². The molecule has 2 N–H and O–H groups in total. The fourth-order valence-electron chi connectivity index (χ4n) is 2.49. The first-order valence-electron chi connectivity index (χ1n) is 6.04. The molecule has 5 nitrogen and oxygen atoms in total. The maximum Gasteiger partial charge on any atom is 0.121 e. The third-order valence-electron chi connectivity index (χ3n) is 3.58. The molecule has 1 aromatic heterocycles. The van der Waals surface area contributed by atoms with Gasteiger partial charge in [-0.15, -0.1) is 0 Å². The molecule has 0 bridgehead atoms. The largest absolute Gasteiger partial charge is 0.497 e. The second-order valence-electron chi connectivity index (χ2n) is 4.69. The molecule has 0 spiro atoms. The number of fused-ring (bicyclic) bond motifs is 1. The van der Waals surface area contributed by atoms with E-state index in [1.165, 1.54) is 0 Å². The molecule has 96 valence electrons. The summed E-state index contributed by atoms with van der Waals surface area (Å²) in [5, 5.41) is 0. The molecule has 2 aromatic rings. The molecule has 0 amide bonds. The highest BCUT2D eigenvalue weighted by Crippen LogP contribution is 2.28. The number of methoxy groups -OCH3 is 1. The van der Waals surface area contributed by atoms with Crippen molar-refractivity contribution < 1.29 is 9.47 Å². The third-order valence-corrected chi connectivity index (χ3v) is 3.58. The molecular formula is C13H17N3O2. The summed E-state index contributed by atoms with van der Waals surface area (Å²) in [5.74, 6) is 1.98. The van der Waals surface area contributed by atoms with Crippen LogP contribution in [0.1, 0.15) is 11.7 Å². The molecule has 1 saturated heterocycles. The molecule has 0 radical (unpaired) electrons. The van der Waals surface area contributed by atoms with Crippen molar-refractivity contribution in [2.75, 3.05) is 20.3 Å². The summed E-state index contributed by atoms with van der Waals surface area (Å²) in [6.07, 6.45) is 0. The number of rotatable bonds is 2. The molecule has 1 aliphatic rings. The fourth-order valence-corrected chi connectivity index (χ4v) is 2.49. The van der Waals surface area contributed by atoms with E-state index in [9.17, 15) is 0 Å². The van der Waals surface area contributed by atoms with Crippen molar-refractivity contribution in [3.8, 4) is 5.75 Å². The highest BCUT2D eigenvalue weighted by Gasteiger charge is 2.30. The van der Waals surface area contributed by atoms with Crippen LogP contribution >= 0.6 is 0 Å². The number of hydrogen-bond donors (Lipinski definition) is 1. The second kappa shape index (κ2) is 4.26. The Bertz CT molecular complexity index is 579. The van der Waals surface area contributed by atoms with E-state index in [1.807, 2.05) is 25.2 Å². The molecule has 2 heterocycles. The summed E-state index contributed by atoms with van der Waals surface area (Å²) in [5.41, 5.74) is 8.08. The SMILES string of the molecule is COc1ccc2c(c1)nc(C1COCC1N)n2C. The van der Waals surface area contributed by atoms with Crippen molar-refractivity contribution >= 4 is 11.0 Å². The molecule has 0 saturated carbocycles. The van der Waals surface area contributed by atoms with Gasteiger partial charge in [0.05, 0.1) is 37.3 Å². The Balaban J connectivity index is 2.10. The molecule has 2 unspecified atom stereocenters. The summed E-state index contributed by atoms with van der Waals surface area (Å²) in [4.78, 5) is 4.68. The highest BCUT2D eigenvalue weighted by molar-refractivity contribution is 5.77. The van der Waals surface area contributed by atoms with Crippen LogP contribution in [0, 0.1) is 0 Å². The van der Waals surface area contributed by atoms with Gasteiger partial charge in [-0.05, 0) is 12.1 Å². The van der Waals surface area contributed by atoms with E-state index >= 15 is 0 Å². The Morgan fingerprint density at radius 1 is 1.44 bits per heavy atom. The van der Waals surface area contributed by atoms with E-state index in [4.69, 9.17) is 15.2 Å². The van der Waals surface area contributed by atoms with Crippen molar-refractivity contribution in [3.63, 3.8) is 0 Å². The maximum absolute atomic E-state index is 6.05. The van der Waals surface area contributed by atoms with Gasteiger partial charge in [-0.25, -0.2) is 4.98 Å². The number of ether oxygens (including phenoxy) is 2. The van der Waals surface area contributed by atoms with Gasteiger partial charge in [0.25, 0.3) is 0 Å². The van der Waals surface area contributed by atoms with Crippen molar-refractivity contribution in [3.05, 3.63) is 24.0 Å². The van der Waals surface area contributed by atoms with Gasteiger partial charge < -0.3 is 19.8 Å². The first-order chi connectivity index (χ1) is 8.70. The second-order valence-corrected chi connectivity index (χ2v) is 4.69. The Morgan fingerprint density at radius 3 is 2.94 bits per heavy atom. The van der Waals surface area contributed by atoms with Crippen LogP contribution in [0.5, 0.6) is 5.75 Å².